The molecule has 8 heavy (non-hydrogen) atoms. The Labute approximate surface area is 126 Å². The van der Waals surface area contributed by atoms with E-state index in [9.17, 15) is 0 Å². The minimum absolute atomic E-state index is 0. The van der Waals surface area contributed by atoms with Crippen LogP contribution >= 0.6 is 0 Å². The van der Waals surface area contributed by atoms with Crippen molar-refractivity contribution in [3.63, 3.8) is 0 Å². The van der Waals surface area contributed by atoms with E-state index in [1.54, 1.807) is 0 Å². The number of rotatable bonds is 0. The van der Waals surface area contributed by atoms with E-state index < -0.39 is 10.4 Å². The molecule has 0 aliphatic rings. The molecule has 0 heterocycles. The summed E-state index contributed by atoms with van der Waals surface area (Å²) in [5.74, 6) is 0. The van der Waals surface area contributed by atoms with E-state index in [4.69, 9.17) is 17.5 Å². The summed E-state index contributed by atoms with van der Waals surface area (Å²) in [5, 5.41) is 0. The van der Waals surface area contributed by atoms with E-state index in [0.29, 0.717) is 0 Å². The molecule has 0 rings (SSSR count). The minimum Gasteiger partial charge on any atom is -1.00 e. The fourth-order valence-electron chi connectivity index (χ4n) is 0. The van der Waals surface area contributed by atoms with Crippen LogP contribution in [0.2, 0.25) is 0 Å². The van der Waals surface area contributed by atoms with Crippen molar-refractivity contribution in [2.45, 2.75) is 0 Å². The van der Waals surface area contributed by atoms with Crippen LogP contribution in [0.15, 0.2) is 0 Å². The van der Waals surface area contributed by atoms with Crippen LogP contribution < -0.4 is 99.8 Å². The molecule has 34 valence electrons. The summed E-state index contributed by atoms with van der Waals surface area (Å²) in [7, 11) is -5.17. The first-order valence-corrected chi connectivity index (χ1v) is 2.00. The molecule has 0 unspecified atom stereocenters. The molecule has 0 aliphatic carbocycles. The first-order valence-electron chi connectivity index (χ1n) is 0.667. The van der Waals surface area contributed by atoms with Gasteiger partial charge < -0.3 is 10.5 Å². The Morgan fingerprint density at radius 1 is 1.25 bits per heavy atom. The quantitative estimate of drug-likeness (QED) is 0.203. The van der Waals surface area contributed by atoms with Crippen molar-refractivity contribution in [2.24, 2.45) is 0 Å². The summed E-state index contributed by atoms with van der Waals surface area (Å²) >= 11 is 0. The van der Waals surface area contributed by atoms with Crippen LogP contribution in [0.4, 0.5) is 0 Å². The molecule has 0 aromatic carbocycles. The van der Waals surface area contributed by atoms with Gasteiger partial charge in [0, 0.05) is 10.4 Å². The molecular formula is HKLiNaO4S. The van der Waals surface area contributed by atoms with Gasteiger partial charge in [0.15, 0.2) is 0 Å². The second kappa shape index (κ2) is 10.1. The molecule has 0 N–H and O–H groups in total. The van der Waals surface area contributed by atoms with Gasteiger partial charge in [-0.3, -0.25) is 8.42 Å². The zero-order chi connectivity index (χ0) is 4.50. The van der Waals surface area contributed by atoms with Crippen LogP contribution in [0.1, 0.15) is 1.43 Å². The molecular weight excluding hydrogens is 165 g/mol. The molecule has 0 aromatic rings. The van der Waals surface area contributed by atoms with Crippen LogP contribution in [-0.4, -0.2) is 17.5 Å². The molecule has 0 amide bonds. The Morgan fingerprint density at radius 3 is 1.25 bits per heavy atom. The van der Waals surface area contributed by atoms with Crippen molar-refractivity contribution in [3.05, 3.63) is 0 Å². The SMILES string of the molecule is O=S(=O)([O-])[O-].[H-].[K+].[Li+].[Na+]. The summed E-state index contributed by atoms with van der Waals surface area (Å²) in [6, 6.07) is 0. The molecule has 0 radical (unpaired) electrons. The minimum atomic E-state index is -5.17. The van der Waals surface area contributed by atoms with Crippen LogP contribution in [0.3, 0.4) is 0 Å². The maximum Gasteiger partial charge on any atom is 1.00 e. The topological polar surface area (TPSA) is 80.3 Å². The van der Waals surface area contributed by atoms with Gasteiger partial charge in [-0.25, -0.2) is 0 Å². The summed E-state index contributed by atoms with van der Waals surface area (Å²) in [4.78, 5) is 0. The normalized spacial score (nSPS) is 7.25. The van der Waals surface area contributed by atoms with Gasteiger partial charge >= 0.3 is 99.8 Å². The van der Waals surface area contributed by atoms with Gasteiger partial charge in [-0.15, -0.1) is 0 Å². The standard InChI is InChI=1S/K.Li.Na.H2O4S.H/c;;;1-5(2,3)4;/h;;;(H2,1,2,3,4);/q3*+1;;-1/p-2. The zero-order valence-electron chi connectivity index (χ0n) is 6.04. The molecule has 0 spiro atoms. The second-order valence-corrected chi connectivity index (χ2v) is 1.22. The van der Waals surface area contributed by atoms with Crippen molar-refractivity contribution < 1.29 is 119 Å². The zero-order valence-corrected chi connectivity index (χ0v) is 11.0. The third kappa shape index (κ3) is 62.1. The molecule has 0 aliphatic heterocycles. The molecule has 4 nitrogen and oxygen atoms in total. The first kappa shape index (κ1) is 22.5. The Hall–Kier alpha value is 3.10. The number of hydrogen-bond donors (Lipinski definition) is 0. The first-order chi connectivity index (χ1) is 2.00. The molecule has 0 fully saturated rings. The van der Waals surface area contributed by atoms with Gasteiger partial charge in [0.1, 0.15) is 0 Å². The van der Waals surface area contributed by atoms with E-state index in [0.717, 1.165) is 0 Å². The summed E-state index contributed by atoms with van der Waals surface area (Å²) in [6.07, 6.45) is 0. The maximum absolute atomic E-state index is 8.52. The van der Waals surface area contributed by atoms with E-state index in [-0.39, 0.29) is 101 Å². The smallest absolute Gasteiger partial charge is 1.00 e. The predicted octanol–water partition coefficient (Wildman–Crippen LogP) is -10.2. The van der Waals surface area contributed by atoms with Crippen LogP contribution in [-0.2, 0) is 10.4 Å². The van der Waals surface area contributed by atoms with Crippen LogP contribution in [0, 0.1) is 0 Å². The van der Waals surface area contributed by atoms with Gasteiger partial charge in [0.05, 0.1) is 0 Å². The van der Waals surface area contributed by atoms with Crippen molar-refractivity contribution in [3.8, 4) is 0 Å². The van der Waals surface area contributed by atoms with Gasteiger partial charge in [-0.2, -0.15) is 0 Å². The fourth-order valence-corrected chi connectivity index (χ4v) is 0. The van der Waals surface area contributed by atoms with Crippen molar-refractivity contribution in [1.82, 2.24) is 0 Å². The summed E-state index contributed by atoms with van der Waals surface area (Å²) in [5.41, 5.74) is 0. The third-order valence-corrected chi connectivity index (χ3v) is 0. The molecule has 0 saturated heterocycles. The Balaban J connectivity index is -0.0000000133. The van der Waals surface area contributed by atoms with Gasteiger partial charge in [0.25, 0.3) is 0 Å². The van der Waals surface area contributed by atoms with Crippen molar-refractivity contribution >= 4 is 10.4 Å². The third-order valence-electron chi connectivity index (χ3n) is 0. The molecule has 0 bridgehead atoms. The largest absolute Gasteiger partial charge is 1.00 e. The van der Waals surface area contributed by atoms with E-state index in [1.165, 1.54) is 0 Å². The average molecular weight is 166 g/mol. The van der Waals surface area contributed by atoms with E-state index in [1.807, 2.05) is 0 Å². The van der Waals surface area contributed by atoms with E-state index >= 15 is 0 Å². The maximum atomic E-state index is 8.52. The predicted molar refractivity (Wildman–Crippen MR) is 11.6 cm³/mol. The summed E-state index contributed by atoms with van der Waals surface area (Å²) < 4.78 is 34.1. The Morgan fingerprint density at radius 2 is 1.25 bits per heavy atom. The fraction of sp³-hybridized carbons (Fsp3) is 0. The molecule has 0 saturated carbocycles. The van der Waals surface area contributed by atoms with Crippen molar-refractivity contribution in [1.29, 1.82) is 0 Å². The Kier molecular flexibility index (Phi) is 28.4. The molecule has 8 heteroatoms. The second-order valence-electron chi connectivity index (χ2n) is 0.408. The molecule has 0 atom stereocenters. The van der Waals surface area contributed by atoms with Crippen LogP contribution in [0.25, 0.3) is 0 Å². The average Bonchev–Trinajstić information content (AvgIpc) is 0.722. The van der Waals surface area contributed by atoms with Gasteiger partial charge in [0.2, 0.25) is 0 Å². The summed E-state index contributed by atoms with van der Waals surface area (Å²) in [6.45, 7) is 0. The van der Waals surface area contributed by atoms with Crippen molar-refractivity contribution in [2.75, 3.05) is 0 Å². The molecule has 0 aromatic heterocycles. The van der Waals surface area contributed by atoms with E-state index in [2.05, 4.69) is 0 Å². The van der Waals surface area contributed by atoms with Crippen LogP contribution in [0.5, 0.6) is 0 Å². The Bertz CT molecular complexity index is 104. The number of hydrogen-bond acceptors (Lipinski definition) is 4. The van der Waals surface area contributed by atoms with Gasteiger partial charge in [-0.05, 0) is 0 Å². The van der Waals surface area contributed by atoms with Gasteiger partial charge in [-0.1, -0.05) is 0 Å². The monoisotopic (exact) mass is 166 g/mol.